The molecule has 118 valence electrons. The summed E-state index contributed by atoms with van der Waals surface area (Å²) in [6.07, 6.45) is 1.97. The van der Waals surface area contributed by atoms with Gasteiger partial charge in [0.1, 0.15) is 18.2 Å². The van der Waals surface area contributed by atoms with Crippen LogP contribution in [0.4, 0.5) is 0 Å². The molecule has 1 N–H and O–H groups in total. The van der Waals surface area contributed by atoms with Gasteiger partial charge in [-0.3, -0.25) is 9.59 Å². The van der Waals surface area contributed by atoms with Gasteiger partial charge in [0, 0.05) is 11.3 Å². The number of ether oxygens (including phenoxy) is 2. The molecule has 0 aliphatic heterocycles. The van der Waals surface area contributed by atoms with Crippen LogP contribution in [0.1, 0.15) is 39.0 Å². The van der Waals surface area contributed by atoms with E-state index in [1.54, 1.807) is 6.92 Å². The molecule has 2 rings (SSSR count). The van der Waals surface area contributed by atoms with Crippen molar-refractivity contribution in [1.29, 1.82) is 0 Å². The van der Waals surface area contributed by atoms with Gasteiger partial charge in [0.25, 0.3) is 0 Å². The van der Waals surface area contributed by atoms with Crippen molar-refractivity contribution in [2.24, 2.45) is 11.8 Å². The fourth-order valence-corrected chi connectivity index (χ4v) is 2.88. The molecule has 22 heavy (non-hydrogen) atoms. The van der Waals surface area contributed by atoms with Crippen molar-refractivity contribution in [1.82, 2.24) is 4.98 Å². The van der Waals surface area contributed by atoms with Gasteiger partial charge in [-0.1, -0.05) is 19.6 Å². The zero-order valence-corrected chi connectivity index (χ0v) is 12.9. The molecule has 0 bridgehead atoms. The summed E-state index contributed by atoms with van der Waals surface area (Å²) in [6.45, 7) is 7.06. The summed E-state index contributed by atoms with van der Waals surface area (Å²) >= 11 is 0. The second-order valence-electron chi connectivity index (χ2n) is 5.41. The first-order valence-corrected chi connectivity index (χ1v) is 7.03. The number of carbonyl (C=O) groups is 3. The lowest BCUT2D eigenvalue weighted by atomic mass is 9.77. The van der Waals surface area contributed by atoms with E-state index in [0.29, 0.717) is 23.2 Å². The zero-order valence-electron chi connectivity index (χ0n) is 12.9. The topological polar surface area (TPSA) is 85.5 Å². The number of methoxy groups -OCH3 is 1. The van der Waals surface area contributed by atoms with E-state index >= 15 is 0 Å². The monoisotopic (exact) mass is 305 g/mol. The molecule has 1 aliphatic rings. The zero-order chi connectivity index (χ0) is 16.4. The molecule has 1 aromatic rings. The van der Waals surface area contributed by atoms with Crippen molar-refractivity contribution < 1.29 is 23.9 Å². The Balaban J connectivity index is 2.40. The minimum Gasteiger partial charge on any atom is -0.468 e. The lowest BCUT2D eigenvalue weighted by Gasteiger charge is -2.25. The van der Waals surface area contributed by atoms with E-state index in [1.807, 2.05) is 6.92 Å². The van der Waals surface area contributed by atoms with Crippen LogP contribution < -0.4 is 0 Å². The lowest BCUT2D eigenvalue weighted by Crippen LogP contribution is -2.36. The number of rotatable bonds is 4. The lowest BCUT2D eigenvalue weighted by molar-refractivity contribution is -0.145. The molecule has 2 atom stereocenters. The maximum absolute atomic E-state index is 12.6. The van der Waals surface area contributed by atoms with E-state index in [2.05, 4.69) is 11.6 Å². The maximum atomic E-state index is 12.6. The van der Waals surface area contributed by atoms with E-state index in [-0.39, 0.29) is 24.0 Å². The molecule has 0 aromatic carbocycles. The van der Waals surface area contributed by atoms with Gasteiger partial charge in [-0.2, -0.15) is 0 Å². The van der Waals surface area contributed by atoms with E-state index in [1.165, 1.54) is 13.2 Å². The number of H-pyrrole nitrogens is 1. The second-order valence-corrected chi connectivity index (χ2v) is 5.41. The van der Waals surface area contributed by atoms with Crippen LogP contribution in [0.25, 0.3) is 0 Å². The average Bonchev–Trinajstić information content (AvgIpc) is 2.81. The summed E-state index contributed by atoms with van der Waals surface area (Å²) in [4.78, 5) is 39.4. The van der Waals surface area contributed by atoms with Gasteiger partial charge in [0.2, 0.25) is 0 Å². The number of Topliss-reactive ketones (excluding diaryl/α,β-unsaturated/α-hetero) is 1. The summed E-state index contributed by atoms with van der Waals surface area (Å²) < 4.78 is 9.72. The first-order valence-electron chi connectivity index (χ1n) is 7.03. The predicted octanol–water partition coefficient (Wildman–Crippen LogP) is 1.83. The molecular weight excluding hydrogens is 286 g/mol. The van der Waals surface area contributed by atoms with Crippen LogP contribution in [0.5, 0.6) is 0 Å². The van der Waals surface area contributed by atoms with Crippen molar-refractivity contribution in [2.45, 2.75) is 20.3 Å². The average molecular weight is 305 g/mol. The number of carbonyl (C=O) groups excluding carboxylic acids is 3. The molecule has 0 spiro atoms. The highest BCUT2D eigenvalue weighted by Gasteiger charge is 2.41. The fourth-order valence-electron chi connectivity index (χ4n) is 2.88. The van der Waals surface area contributed by atoms with Crippen molar-refractivity contribution >= 4 is 17.7 Å². The highest BCUT2D eigenvalue weighted by atomic mass is 16.5. The Morgan fingerprint density at radius 2 is 2.14 bits per heavy atom. The Labute approximate surface area is 128 Å². The Morgan fingerprint density at radius 3 is 2.73 bits per heavy atom. The van der Waals surface area contributed by atoms with E-state index in [9.17, 15) is 14.4 Å². The fraction of sp³-hybridized carbons (Fsp3) is 0.438. The largest absolute Gasteiger partial charge is 0.468 e. The van der Waals surface area contributed by atoms with Crippen LogP contribution >= 0.6 is 0 Å². The number of aromatic amines is 1. The Bertz CT molecular complexity index is 643. The number of hydrogen-bond donors (Lipinski definition) is 1. The van der Waals surface area contributed by atoms with Crippen LogP contribution in [0.15, 0.2) is 12.7 Å². The molecule has 1 heterocycles. The number of esters is 2. The van der Waals surface area contributed by atoms with Crippen LogP contribution in [-0.4, -0.2) is 36.4 Å². The number of nitrogens with one attached hydrogen (secondary N) is 1. The van der Waals surface area contributed by atoms with Crippen LogP contribution in [0.2, 0.25) is 0 Å². The number of hydrogen-bond acceptors (Lipinski definition) is 5. The third kappa shape index (κ3) is 2.56. The first kappa shape index (κ1) is 16.0. The summed E-state index contributed by atoms with van der Waals surface area (Å²) in [5, 5.41) is 0. The van der Waals surface area contributed by atoms with Crippen LogP contribution in [0.3, 0.4) is 0 Å². The van der Waals surface area contributed by atoms with Gasteiger partial charge in [-0.25, -0.2) is 4.79 Å². The molecule has 0 amide bonds. The molecule has 0 saturated carbocycles. The standard InChI is InChI=1S/C16H19NO5/c1-5-6-22-16(20)13-9(3)12-10(17-13)7-8(2)11(14(12)18)15(19)21-4/h5,8,11,17H,1,6-7H2,2-4H3/t8-,11-/m1/s1. The van der Waals surface area contributed by atoms with Crippen molar-refractivity contribution in [3.05, 3.63) is 35.2 Å². The van der Waals surface area contributed by atoms with E-state index < -0.39 is 17.9 Å². The molecule has 0 unspecified atom stereocenters. The number of aromatic nitrogens is 1. The third-order valence-electron chi connectivity index (χ3n) is 3.94. The minimum atomic E-state index is -0.830. The number of ketones is 1. The molecular formula is C16H19NO5. The molecule has 6 heteroatoms. The SMILES string of the molecule is C=CCOC(=O)c1[nH]c2c(c1C)C(=O)[C@H](C(=O)OC)[C@H](C)C2. The number of fused-ring (bicyclic) bond motifs is 1. The molecule has 6 nitrogen and oxygen atoms in total. The Morgan fingerprint density at radius 1 is 1.45 bits per heavy atom. The predicted molar refractivity (Wildman–Crippen MR) is 78.7 cm³/mol. The van der Waals surface area contributed by atoms with Crippen molar-refractivity contribution in [3.63, 3.8) is 0 Å². The third-order valence-corrected chi connectivity index (χ3v) is 3.94. The summed E-state index contributed by atoms with van der Waals surface area (Å²) in [7, 11) is 1.26. The van der Waals surface area contributed by atoms with E-state index in [0.717, 1.165) is 0 Å². The van der Waals surface area contributed by atoms with Crippen molar-refractivity contribution in [3.8, 4) is 0 Å². The summed E-state index contributed by atoms with van der Waals surface area (Å²) in [5.41, 5.74) is 1.83. The molecule has 0 radical (unpaired) electrons. The normalized spacial score (nSPS) is 20.2. The van der Waals surface area contributed by atoms with Crippen LogP contribution in [0, 0.1) is 18.8 Å². The molecule has 1 aromatic heterocycles. The van der Waals surface area contributed by atoms with E-state index in [4.69, 9.17) is 9.47 Å². The highest BCUT2D eigenvalue weighted by molar-refractivity contribution is 6.12. The first-order chi connectivity index (χ1) is 10.4. The highest BCUT2D eigenvalue weighted by Crippen LogP contribution is 2.34. The maximum Gasteiger partial charge on any atom is 0.355 e. The van der Waals surface area contributed by atoms with Gasteiger partial charge < -0.3 is 14.5 Å². The summed E-state index contributed by atoms with van der Waals surface area (Å²) in [6, 6.07) is 0. The van der Waals surface area contributed by atoms with Gasteiger partial charge >= 0.3 is 11.9 Å². The molecule has 0 saturated heterocycles. The smallest absolute Gasteiger partial charge is 0.355 e. The van der Waals surface area contributed by atoms with Crippen molar-refractivity contribution in [2.75, 3.05) is 13.7 Å². The van der Waals surface area contributed by atoms with Gasteiger partial charge in [-0.15, -0.1) is 0 Å². The minimum absolute atomic E-state index is 0.0943. The van der Waals surface area contributed by atoms with Gasteiger partial charge in [-0.05, 0) is 24.8 Å². The van der Waals surface area contributed by atoms with Gasteiger partial charge in [0.15, 0.2) is 5.78 Å². The summed E-state index contributed by atoms with van der Waals surface area (Å²) in [5.74, 6) is -2.41. The molecule has 1 aliphatic carbocycles. The molecule has 0 fully saturated rings. The Hall–Kier alpha value is -2.37. The van der Waals surface area contributed by atoms with Gasteiger partial charge in [0.05, 0.1) is 7.11 Å². The second kappa shape index (κ2) is 6.17. The quantitative estimate of drug-likeness (QED) is 0.521. The Kier molecular flexibility index (Phi) is 4.49. The van der Waals surface area contributed by atoms with Crippen LogP contribution in [-0.2, 0) is 20.7 Å².